The molecule has 0 bridgehead atoms. The van der Waals surface area contributed by atoms with Crippen LogP contribution in [0.15, 0.2) is 0 Å². The minimum Gasteiger partial charge on any atom is -0.465 e. The van der Waals surface area contributed by atoms with Crippen molar-refractivity contribution in [2.75, 3.05) is 13.6 Å². The zero-order valence-corrected chi connectivity index (χ0v) is 15.5. The van der Waals surface area contributed by atoms with E-state index in [1.165, 1.54) is 0 Å². The van der Waals surface area contributed by atoms with Crippen molar-refractivity contribution in [1.29, 1.82) is 0 Å². The second-order valence-corrected chi connectivity index (χ2v) is 7.66. The molecule has 1 aliphatic carbocycles. The van der Waals surface area contributed by atoms with Crippen molar-refractivity contribution in [3.05, 3.63) is 0 Å². The van der Waals surface area contributed by atoms with E-state index >= 15 is 0 Å². The molecule has 0 aromatic heterocycles. The highest BCUT2D eigenvalue weighted by Crippen LogP contribution is 2.36. The number of hydrogen-bond donors (Lipinski definition) is 2. The minimum absolute atomic E-state index is 0.0285. The molecule has 0 spiro atoms. The summed E-state index contributed by atoms with van der Waals surface area (Å²) in [6, 6.07) is 0.838. The van der Waals surface area contributed by atoms with Crippen LogP contribution in [-0.2, 0) is 4.79 Å². The van der Waals surface area contributed by atoms with Crippen LogP contribution in [0, 0.1) is 5.92 Å². The number of amides is 2. The van der Waals surface area contributed by atoms with Gasteiger partial charge in [-0.25, -0.2) is 4.79 Å². The molecule has 2 amide bonds. The van der Waals surface area contributed by atoms with Gasteiger partial charge in [-0.2, -0.15) is 0 Å². The average molecular weight is 339 g/mol. The van der Waals surface area contributed by atoms with E-state index in [2.05, 4.69) is 38.0 Å². The van der Waals surface area contributed by atoms with Crippen molar-refractivity contribution in [3.63, 3.8) is 0 Å². The number of carbonyl (C=O) groups is 2. The van der Waals surface area contributed by atoms with Crippen molar-refractivity contribution < 1.29 is 14.7 Å². The van der Waals surface area contributed by atoms with E-state index in [1.54, 1.807) is 0 Å². The van der Waals surface area contributed by atoms with Crippen molar-refractivity contribution in [2.45, 2.75) is 83.5 Å². The van der Waals surface area contributed by atoms with Gasteiger partial charge in [-0.15, -0.1) is 0 Å². The molecular formula is C18H33N3O3. The van der Waals surface area contributed by atoms with Gasteiger partial charge in [0.25, 0.3) is 0 Å². The molecule has 1 heterocycles. The molecule has 6 nitrogen and oxygen atoms in total. The summed E-state index contributed by atoms with van der Waals surface area (Å²) in [5.41, 5.74) is 0. The molecule has 0 radical (unpaired) electrons. The van der Waals surface area contributed by atoms with Crippen LogP contribution in [0.3, 0.4) is 0 Å². The quantitative estimate of drug-likeness (QED) is 0.780. The molecule has 0 aromatic carbocycles. The van der Waals surface area contributed by atoms with Crippen LogP contribution in [0.2, 0.25) is 0 Å². The topological polar surface area (TPSA) is 72.9 Å². The molecule has 1 saturated carbocycles. The van der Waals surface area contributed by atoms with E-state index in [0.717, 1.165) is 32.1 Å². The molecule has 0 aromatic rings. The Kier molecular flexibility index (Phi) is 6.49. The van der Waals surface area contributed by atoms with E-state index in [0.29, 0.717) is 31.0 Å². The van der Waals surface area contributed by atoms with Crippen LogP contribution in [0.5, 0.6) is 0 Å². The first-order chi connectivity index (χ1) is 11.3. The normalized spacial score (nSPS) is 31.1. The van der Waals surface area contributed by atoms with Crippen LogP contribution in [0.4, 0.5) is 4.79 Å². The first kappa shape index (κ1) is 19.0. The Labute approximate surface area is 145 Å². The number of nitrogens with zero attached hydrogens (tertiary/aromatic N) is 2. The van der Waals surface area contributed by atoms with Gasteiger partial charge >= 0.3 is 6.09 Å². The summed E-state index contributed by atoms with van der Waals surface area (Å²) in [5, 5.41) is 11.3. The molecular weight excluding hydrogens is 306 g/mol. The number of hydrogen-bond acceptors (Lipinski definition) is 3. The Bertz CT molecular complexity index is 455. The fourth-order valence-electron chi connectivity index (χ4n) is 4.42. The summed E-state index contributed by atoms with van der Waals surface area (Å²) in [6.45, 7) is 7.34. The van der Waals surface area contributed by atoms with E-state index < -0.39 is 12.1 Å². The SMILES string of the molecule is CCC[C@H]1C[C@H](N(C)C(C)C)CC[C@@H]1N1CC[C@H](NC(=O)O)C1=O. The maximum Gasteiger partial charge on any atom is 0.405 e. The highest BCUT2D eigenvalue weighted by Gasteiger charge is 2.42. The zero-order chi connectivity index (χ0) is 17.9. The molecule has 2 aliphatic rings. The number of nitrogens with one attached hydrogen (secondary N) is 1. The Morgan fingerprint density at radius 2 is 2.08 bits per heavy atom. The van der Waals surface area contributed by atoms with Gasteiger partial charge in [-0.05, 0) is 58.9 Å². The van der Waals surface area contributed by atoms with Crippen LogP contribution in [0.1, 0.15) is 59.3 Å². The number of rotatable bonds is 6. The molecule has 2 rings (SSSR count). The first-order valence-electron chi connectivity index (χ1n) is 9.37. The largest absolute Gasteiger partial charge is 0.465 e. The van der Waals surface area contributed by atoms with Crippen molar-refractivity contribution in [3.8, 4) is 0 Å². The predicted octanol–water partition coefficient (Wildman–Crippen LogP) is 2.53. The molecule has 0 unspecified atom stereocenters. The average Bonchev–Trinajstić information content (AvgIpc) is 2.87. The Hall–Kier alpha value is -1.30. The lowest BCUT2D eigenvalue weighted by molar-refractivity contribution is -0.133. The predicted molar refractivity (Wildman–Crippen MR) is 94.0 cm³/mol. The summed E-state index contributed by atoms with van der Waals surface area (Å²) < 4.78 is 0. The zero-order valence-electron chi connectivity index (χ0n) is 15.5. The fourth-order valence-corrected chi connectivity index (χ4v) is 4.42. The second kappa shape index (κ2) is 8.19. The van der Waals surface area contributed by atoms with E-state index in [9.17, 15) is 9.59 Å². The van der Waals surface area contributed by atoms with Gasteiger partial charge in [0.1, 0.15) is 6.04 Å². The van der Waals surface area contributed by atoms with Crippen LogP contribution >= 0.6 is 0 Å². The number of carboxylic acid groups (broad SMARTS) is 1. The van der Waals surface area contributed by atoms with Crippen LogP contribution in [0.25, 0.3) is 0 Å². The Morgan fingerprint density at radius 3 is 2.67 bits per heavy atom. The monoisotopic (exact) mass is 339 g/mol. The third-order valence-corrected chi connectivity index (χ3v) is 5.90. The molecule has 2 fully saturated rings. The molecule has 6 heteroatoms. The van der Waals surface area contributed by atoms with E-state index in [-0.39, 0.29) is 11.9 Å². The fraction of sp³-hybridized carbons (Fsp3) is 0.889. The Morgan fingerprint density at radius 1 is 1.38 bits per heavy atom. The van der Waals surface area contributed by atoms with E-state index in [1.807, 2.05) is 4.90 Å². The van der Waals surface area contributed by atoms with Gasteiger partial charge < -0.3 is 20.2 Å². The Balaban J connectivity index is 2.04. The van der Waals surface area contributed by atoms with Crippen LogP contribution in [-0.4, -0.2) is 64.7 Å². The highest BCUT2D eigenvalue weighted by molar-refractivity contribution is 5.87. The summed E-state index contributed by atoms with van der Waals surface area (Å²) >= 11 is 0. The van der Waals surface area contributed by atoms with Gasteiger partial charge in [0.2, 0.25) is 5.91 Å². The first-order valence-corrected chi connectivity index (χ1v) is 9.37. The third kappa shape index (κ3) is 4.21. The molecule has 24 heavy (non-hydrogen) atoms. The number of carbonyl (C=O) groups excluding carboxylic acids is 1. The smallest absolute Gasteiger partial charge is 0.405 e. The van der Waals surface area contributed by atoms with Crippen molar-refractivity contribution in [1.82, 2.24) is 15.1 Å². The maximum atomic E-state index is 12.6. The summed E-state index contributed by atoms with van der Waals surface area (Å²) in [6.07, 6.45) is 5.01. The summed E-state index contributed by atoms with van der Waals surface area (Å²) in [4.78, 5) is 27.9. The standard InChI is InChI=1S/C18H33N3O3/c1-5-6-13-11-14(20(4)12(2)3)7-8-16(13)21-10-9-15(17(21)22)19-18(23)24/h12-16,19H,5-11H2,1-4H3,(H,23,24)/t13-,14+,15-,16-/m0/s1. The third-order valence-electron chi connectivity index (χ3n) is 5.90. The number of likely N-dealkylation sites (tertiary alicyclic amines) is 1. The van der Waals surface area contributed by atoms with Gasteiger partial charge in [-0.1, -0.05) is 13.3 Å². The lowest BCUT2D eigenvalue weighted by atomic mass is 9.77. The van der Waals surface area contributed by atoms with Crippen molar-refractivity contribution >= 4 is 12.0 Å². The minimum atomic E-state index is -1.11. The lowest BCUT2D eigenvalue weighted by Crippen LogP contribution is -2.51. The molecule has 2 N–H and O–H groups in total. The van der Waals surface area contributed by atoms with Gasteiger partial charge in [0.15, 0.2) is 0 Å². The van der Waals surface area contributed by atoms with Gasteiger partial charge in [-0.3, -0.25) is 4.79 Å². The maximum absolute atomic E-state index is 12.6. The summed E-state index contributed by atoms with van der Waals surface area (Å²) in [7, 11) is 2.20. The summed E-state index contributed by atoms with van der Waals surface area (Å²) in [5.74, 6) is 0.488. The molecule has 138 valence electrons. The van der Waals surface area contributed by atoms with Gasteiger partial charge in [0.05, 0.1) is 0 Å². The highest BCUT2D eigenvalue weighted by atomic mass is 16.4. The second-order valence-electron chi connectivity index (χ2n) is 7.66. The molecule has 1 aliphatic heterocycles. The lowest BCUT2D eigenvalue weighted by Gasteiger charge is -2.44. The van der Waals surface area contributed by atoms with Crippen LogP contribution < -0.4 is 5.32 Å². The van der Waals surface area contributed by atoms with Crippen molar-refractivity contribution in [2.24, 2.45) is 5.92 Å². The van der Waals surface area contributed by atoms with Gasteiger partial charge in [0, 0.05) is 24.7 Å². The molecule has 1 saturated heterocycles. The molecule has 4 atom stereocenters. The van der Waals surface area contributed by atoms with E-state index in [4.69, 9.17) is 5.11 Å².